The van der Waals surface area contributed by atoms with Crippen LogP contribution in [-0.4, -0.2) is 46.3 Å². The van der Waals surface area contributed by atoms with E-state index in [1.807, 2.05) is 35.4 Å². The number of likely N-dealkylation sites (tertiary alicyclic amines) is 1. The molecule has 2 amide bonds. The normalized spacial score (nSPS) is 14.5. The van der Waals surface area contributed by atoms with E-state index in [1.165, 1.54) is 17.7 Å². The number of hydrogen-bond acceptors (Lipinski definition) is 6. The Balaban J connectivity index is 0.000000580. The summed E-state index contributed by atoms with van der Waals surface area (Å²) in [4.78, 5) is 36.8. The summed E-state index contributed by atoms with van der Waals surface area (Å²) in [5, 5.41) is 8.80. The lowest BCUT2D eigenvalue weighted by molar-refractivity contribution is -0.137. The third kappa shape index (κ3) is 9.95. The second kappa shape index (κ2) is 15.8. The largest absolute Gasteiger partial charge is 0.416 e. The van der Waals surface area contributed by atoms with Gasteiger partial charge in [0.1, 0.15) is 10.7 Å². The number of hydrogen-bond donors (Lipinski definition) is 2. The number of amides is 2. The van der Waals surface area contributed by atoms with E-state index in [0.29, 0.717) is 49.4 Å². The number of halogens is 3. The van der Waals surface area contributed by atoms with Crippen LogP contribution in [0.5, 0.6) is 0 Å². The van der Waals surface area contributed by atoms with Crippen LogP contribution >= 0.6 is 11.3 Å². The van der Waals surface area contributed by atoms with Crippen LogP contribution in [0.15, 0.2) is 72.1 Å². The van der Waals surface area contributed by atoms with Crippen LogP contribution in [0.2, 0.25) is 0 Å². The summed E-state index contributed by atoms with van der Waals surface area (Å²) >= 11 is 1.56. The molecule has 1 unspecified atom stereocenters. The van der Waals surface area contributed by atoms with Gasteiger partial charge in [-0.3, -0.25) is 9.59 Å². The Labute approximate surface area is 265 Å². The number of aryl methyl sites for hydroxylation is 3. The van der Waals surface area contributed by atoms with E-state index in [-0.39, 0.29) is 23.6 Å². The first-order valence-corrected chi connectivity index (χ1v) is 15.8. The van der Waals surface area contributed by atoms with Crippen LogP contribution in [0.25, 0.3) is 0 Å². The molecule has 0 radical (unpaired) electrons. The molecule has 1 saturated heterocycles. The number of pyridine rings is 1. The smallest absolute Gasteiger partial charge is 0.351 e. The molecule has 1 atom stereocenters. The number of benzene rings is 2. The van der Waals surface area contributed by atoms with E-state index in [0.717, 1.165) is 35.7 Å². The van der Waals surface area contributed by atoms with Crippen molar-refractivity contribution < 1.29 is 22.8 Å². The topological polar surface area (TPSA) is 87.2 Å². The van der Waals surface area contributed by atoms with Crippen molar-refractivity contribution in [1.29, 1.82) is 0 Å². The molecule has 1 aliphatic rings. The highest BCUT2D eigenvalue weighted by Gasteiger charge is 2.33. The minimum Gasteiger partial charge on any atom is -0.351 e. The Kier molecular flexibility index (Phi) is 11.8. The molecule has 11 heteroatoms. The number of nitrogens with zero attached hydrogens (tertiary/aromatic N) is 3. The predicted molar refractivity (Wildman–Crippen MR) is 170 cm³/mol. The van der Waals surface area contributed by atoms with E-state index in [1.54, 1.807) is 30.4 Å². The molecule has 238 valence electrons. The zero-order valence-electron chi connectivity index (χ0n) is 25.7. The zero-order valence-corrected chi connectivity index (χ0v) is 26.5. The second-order valence-corrected chi connectivity index (χ2v) is 11.9. The number of alkyl halides is 3. The average molecular weight is 638 g/mol. The van der Waals surface area contributed by atoms with E-state index in [2.05, 4.69) is 39.7 Å². The molecule has 2 aromatic carbocycles. The van der Waals surface area contributed by atoms with Crippen molar-refractivity contribution in [2.75, 3.05) is 19.6 Å². The molecule has 7 nitrogen and oxygen atoms in total. The van der Waals surface area contributed by atoms with Gasteiger partial charge in [-0.05, 0) is 70.3 Å². The maximum Gasteiger partial charge on any atom is 0.416 e. The van der Waals surface area contributed by atoms with Crippen molar-refractivity contribution in [3.8, 4) is 0 Å². The van der Waals surface area contributed by atoms with Gasteiger partial charge in [-0.2, -0.15) is 13.2 Å². The second-order valence-electron chi connectivity index (χ2n) is 11.0. The highest BCUT2D eigenvalue weighted by molar-refractivity contribution is 7.09. The van der Waals surface area contributed by atoms with E-state index < -0.39 is 11.7 Å². The highest BCUT2D eigenvalue weighted by atomic mass is 32.1. The summed E-state index contributed by atoms with van der Waals surface area (Å²) in [6.07, 6.45) is -2.04. The highest BCUT2D eigenvalue weighted by Crippen LogP contribution is 2.35. The number of carbonyl (C=O) groups is 2. The Morgan fingerprint density at radius 3 is 2.40 bits per heavy atom. The molecule has 2 aromatic heterocycles. The van der Waals surface area contributed by atoms with Crippen molar-refractivity contribution in [2.24, 2.45) is 0 Å². The maximum atomic E-state index is 13.4. The molecule has 3 heterocycles. The van der Waals surface area contributed by atoms with Gasteiger partial charge in [-0.15, -0.1) is 11.3 Å². The van der Waals surface area contributed by atoms with E-state index >= 15 is 0 Å². The molecule has 0 bridgehead atoms. The van der Waals surface area contributed by atoms with Gasteiger partial charge in [-0.1, -0.05) is 54.1 Å². The summed E-state index contributed by atoms with van der Waals surface area (Å²) in [7, 11) is 0. The summed E-state index contributed by atoms with van der Waals surface area (Å²) < 4.78 is 38.5. The third-order valence-electron chi connectivity index (χ3n) is 7.21. The van der Waals surface area contributed by atoms with Crippen LogP contribution in [0.3, 0.4) is 0 Å². The standard InChI is InChI=1S/C27H30F3N5O2S.C7H8/c1-17-12-20(26(37)35-11-4-8-23(35)25-34-18(2)16-38-25)14-22(33-17)24(36)32-10-5-9-31-15-19-6-3-7-21(13-19)27(28,29)30;1-7-5-3-2-4-6-7/h3,6-7,12-14,16,23,31H,4-5,8-11,15H2,1-2H3,(H,32,36);2-6H,1H3. The maximum absolute atomic E-state index is 13.4. The van der Waals surface area contributed by atoms with E-state index in [9.17, 15) is 22.8 Å². The fourth-order valence-corrected chi connectivity index (χ4v) is 5.94. The quantitative estimate of drug-likeness (QED) is 0.192. The zero-order chi connectivity index (χ0) is 32.4. The SMILES string of the molecule is Cc1cc(C(=O)N2CCCC2c2nc(C)cs2)cc(C(=O)NCCCNCc2cccc(C(F)(F)F)c2)n1.Cc1ccccc1. The minimum absolute atomic E-state index is 0.0598. The lowest BCUT2D eigenvalue weighted by Crippen LogP contribution is -2.32. The van der Waals surface area contributed by atoms with Crippen molar-refractivity contribution in [2.45, 2.75) is 58.8 Å². The fraction of sp³-hybridized carbons (Fsp3) is 0.353. The molecule has 0 saturated carbocycles. The average Bonchev–Trinajstić information content (AvgIpc) is 3.68. The summed E-state index contributed by atoms with van der Waals surface area (Å²) in [6.45, 7) is 7.56. The van der Waals surface area contributed by atoms with Gasteiger partial charge in [0.15, 0.2) is 0 Å². The fourth-order valence-electron chi connectivity index (χ4n) is 5.00. The predicted octanol–water partition coefficient (Wildman–Crippen LogP) is 7.06. The molecule has 0 aliphatic carbocycles. The van der Waals surface area contributed by atoms with Crippen molar-refractivity contribution in [3.63, 3.8) is 0 Å². The van der Waals surface area contributed by atoms with Gasteiger partial charge < -0.3 is 15.5 Å². The first-order valence-electron chi connectivity index (χ1n) is 14.9. The summed E-state index contributed by atoms with van der Waals surface area (Å²) in [5.74, 6) is -0.521. The number of thiazole rings is 1. The van der Waals surface area contributed by atoms with Crippen LogP contribution in [0, 0.1) is 20.8 Å². The van der Waals surface area contributed by atoms with Crippen LogP contribution in [-0.2, 0) is 12.7 Å². The van der Waals surface area contributed by atoms with Gasteiger partial charge in [0, 0.05) is 42.0 Å². The van der Waals surface area contributed by atoms with Gasteiger partial charge in [0.05, 0.1) is 11.6 Å². The molecule has 45 heavy (non-hydrogen) atoms. The molecule has 1 fully saturated rings. The van der Waals surface area contributed by atoms with Crippen molar-refractivity contribution in [1.82, 2.24) is 25.5 Å². The van der Waals surface area contributed by atoms with Crippen LogP contribution in [0.4, 0.5) is 13.2 Å². The lowest BCUT2D eigenvalue weighted by Gasteiger charge is -2.23. The van der Waals surface area contributed by atoms with Crippen molar-refractivity contribution >= 4 is 23.2 Å². The van der Waals surface area contributed by atoms with Gasteiger partial charge in [0.2, 0.25) is 0 Å². The van der Waals surface area contributed by atoms with Crippen LogP contribution < -0.4 is 10.6 Å². The molecule has 2 N–H and O–H groups in total. The Hall–Kier alpha value is -4.09. The number of carbonyl (C=O) groups excluding carboxylic acids is 2. The molecule has 5 rings (SSSR count). The van der Waals surface area contributed by atoms with Crippen LogP contribution in [0.1, 0.15) is 79.2 Å². The number of rotatable bonds is 9. The molecular weight excluding hydrogens is 599 g/mol. The van der Waals surface area contributed by atoms with Gasteiger partial charge in [0.25, 0.3) is 11.8 Å². The lowest BCUT2D eigenvalue weighted by atomic mass is 10.1. The first-order chi connectivity index (χ1) is 21.5. The summed E-state index contributed by atoms with van der Waals surface area (Å²) in [5.41, 5.74) is 3.29. The van der Waals surface area contributed by atoms with Crippen molar-refractivity contribution in [3.05, 3.63) is 116 Å². The Morgan fingerprint density at radius 2 is 1.73 bits per heavy atom. The third-order valence-corrected chi connectivity index (χ3v) is 8.27. The minimum atomic E-state index is -4.37. The molecule has 0 spiro atoms. The van der Waals surface area contributed by atoms with E-state index in [4.69, 9.17) is 0 Å². The molecular formula is C34H38F3N5O2S. The monoisotopic (exact) mass is 637 g/mol. The number of aromatic nitrogens is 2. The van der Waals surface area contributed by atoms with Gasteiger partial charge in [-0.25, -0.2) is 9.97 Å². The Morgan fingerprint density at radius 1 is 0.956 bits per heavy atom. The Bertz CT molecular complexity index is 1580. The van der Waals surface area contributed by atoms with Gasteiger partial charge >= 0.3 is 6.18 Å². The number of nitrogens with one attached hydrogen (secondary N) is 2. The molecule has 4 aromatic rings. The first kappa shape index (κ1) is 33.8. The summed E-state index contributed by atoms with van der Waals surface area (Å²) in [6, 6.07) is 18.6. The molecule has 1 aliphatic heterocycles.